The molecule has 0 radical (unpaired) electrons. The van der Waals surface area contributed by atoms with Gasteiger partial charge in [0.15, 0.2) is 0 Å². The van der Waals surface area contributed by atoms with Crippen LogP contribution in [-0.2, 0) is 0 Å². The lowest BCUT2D eigenvalue weighted by atomic mass is 10.1. The van der Waals surface area contributed by atoms with Crippen molar-refractivity contribution >= 4 is 0 Å². The highest BCUT2D eigenvalue weighted by Crippen LogP contribution is 2.28. The summed E-state index contributed by atoms with van der Waals surface area (Å²) in [5, 5.41) is 0. The second kappa shape index (κ2) is 4.77. The molecule has 0 saturated heterocycles. The molecule has 0 bridgehead atoms. The molecule has 1 nitrogen and oxygen atoms in total. The monoisotopic (exact) mass is 248 g/mol. The first-order valence-electron chi connectivity index (χ1n) is 6.46. The molecule has 0 amide bonds. The number of rotatable bonds is 2. The fraction of sp³-hybridized carbons (Fsp3) is 0.111. The van der Waals surface area contributed by atoms with E-state index in [1.165, 1.54) is 11.1 Å². The molecule has 3 aromatic rings. The van der Waals surface area contributed by atoms with Crippen molar-refractivity contribution in [1.82, 2.24) is 0 Å². The van der Waals surface area contributed by atoms with Crippen molar-refractivity contribution in [3.63, 3.8) is 0 Å². The Balaban J connectivity index is 1.97. The van der Waals surface area contributed by atoms with E-state index in [0.29, 0.717) is 0 Å². The molecule has 0 N–H and O–H groups in total. The van der Waals surface area contributed by atoms with E-state index in [0.717, 1.165) is 22.6 Å². The zero-order valence-corrected chi connectivity index (χ0v) is 11.2. The summed E-state index contributed by atoms with van der Waals surface area (Å²) in [5.74, 6) is 1.83. The van der Waals surface area contributed by atoms with Crippen LogP contribution in [0.5, 0.6) is 0 Å². The second-order valence-corrected chi connectivity index (χ2v) is 4.90. The minimum Gasteiger partial charge on any atom is -0.456 e. The minimum atomic E-state index is 0.913. The van der Waals surface area contributed by atoms with E-state index >= 15 is 0 Å². The molecule has 0 aliphatic rings. The third kappa shape index (κ3) is 2.45. The fourth-order valence-electron chi connectivity index (χ4n) is 2.16. The number of aryl methyl sites for hydroxylation is 2. The first-order chi connectivity index (χ1) is 9.22. The van der Waals surface area contributed by atoms with Crippen molar-refractivity contribution in [3.05, 3.63) is 71.8 Å². The molecule has 1 heteroatoms. The van der Waals surface area contributed by atoms with E-state index in [2.05, 4.69) is 62.4 Å². The van der Waals surface area contributed by atoms with Crippen molar-refractivity contribution in [1.29, 1.82) is 0 Å². The smallest absolute Gasteiger partial charge is 0.134 e. The van der Waals surface area contributed by atoms with Gasteiger partial charge < -0.3 is 4.42 Å². The van der Waals surface area contributed by atoms with Crippen LogP contribution in [0.2, 0.25) is 0 Å². The summed E-state index contributed by atoms with van der Waals surface area (Å²) in [4.78, 5) is 0. The van der Waals surface area contributed by atoms with Crippen molar-refractivity contribution in [2.75, 3.05) is 0 Å². The Bertz CT molecular complexity index is 690. The van der Waals surface area contributed by atoms with Crippen molar-refractivity contribution < 1.29 is 4.42 Å². The summed E-state index contributed by atoms with van der Waals surface area (Å²) < 4.78 is 5.95. The molecule has 0 atom stereocenters. The van der Waals surface area contributed by atoms with Crippen molar-refractivity contribution in [2.24, 2.45) is 0 Å². The predicted octanol–water partition coefficient (Wildman–Crippen LogP) is 5.23. The minimum absolute atomic E-state index is 0.913. The molecule has 0 aliphatic carbocycles. The molecular formula is C18H16O. The summed E-state index contributed by atoms with van der Waals surface area (Å²) in [7, 11) is 0. The first kappa shape index (κ1) is 11.8. The number of hydrogen-bond donors (Lipinski definition) is 0. The second-order valence-electron chi connectivity index (χ2n) is 4.90. The number of furan rings is 1. The lowest BCUT2D eigenvalue weighted by molar-refractivity contribution is 0.597. The number of benzene rings is 2. The SMILES string of the molecule is Cc1ccc(-c2ccc(-c3cccc(C)c3)o2)cc1. The van der Waals surface area contributed by atoms with Gasteiger partial charge >= 0.3 is 0 Å². The topological polar surface area (TPSA) is 13.1 Å². The van der Waals surface area contributed by atoms with Crippen LogP contribution in [0.1, 0.15) is 11.1 Å². The third-order valence-corrected chi connectivity index (χ3v) is 3.24. The number of hydrogen-bond acceptors (Lipinski definition) is 1. The third-order valence-electron chi connectivity index (χ3n) is 3.24. The Hall–Kier alpha value is -2.28. The van der Waals surface area contributed by atoms with Gasteiger partial charge in [-0.15, -0.1) is 0 Å². The van der Waals surface area contributed by atoms with E-state index in [1.807, 2.05) is 12.1 Å². The van der Waals surface area contributed by atoms with Crippen LogP contribution < -0.4 is 0 Å². The quantitative estimate of drug-likeness (QED) is 0.605. The summed E-state index contributed by atoms with van der Waals surface area (Å²) in [5.41, 5.74) is 4.74. The fourth-order valence-corrected chi connectivity index (χ4v) is 2.16. The van der Waals surface area contributed by atoms with Gasteiger partial charge in [0, 0.05) is 11.1 Å². The Kier molecular flexibility index (Phi) is 2.96. The average Bonchev–Trinajstić information content (AvgIpc) is 2.89. The molecule has 0 aliphatic heterocycles. The molecule has 0 saturated carbocycles. The zero-order valence-electron chi connectivity index (χ0n) is 11.2. The van der Waals surface area contributed by atoms with Crippen LogP contribution in [0.4, 0.5) is 0 Å². The van der Waals surface area contributed by atoms with Gasteiger partial charge in [0.1, 0.15) is 11.5 Å². The maximum Gasteiger partial charge on any atom is 0.134 e. The van der Waals surface area contributed by atoms with Gasteiger partial charge in [-0.3, -0.25) is 0 Å². The highest BCUT2D eigenvalue weighted by Gasteiger charge is 2.06. The van der Waals surface area contributed by atoms with Gasteiger partial charge in [-0.1, -0.05) is 53.6 Å². The summed E-state index contributed by atoms with van der Waals surface area (Å²) in [6, 6.07) is 20.8. The molecule has 0 unspecified atom stereocenters. The van der Waals surface area contributed by atoms with Gasteiger partial charge in [-0.2, -0.15) is 0 Å². The molecule has 3 rings (SSSR count). The maximum absolute atomic E-state index is 5.95. The van der Waals surface area contributed by atoms with Crippen molar-refractivity contribution in [3.8, 4) is 22.6 Å². The Morgan fingerprint density at radius 1 is 0.632 bits per heavy atom. The van der Waals surface area contributed by atoms with Gasteiger partial charge in [0.05, 0.1) is 0 Å². The van der Waals surface area contributed by atoms with Gasteiger partial charge in [0.2, 0.25) is 0 Å². The van der Waals surface area contributed by atoms with Crippen LogP contribution in [-0.4, -0.2) is 0 Å². The molecule has 2 aromatic carbocycles. The largest absolute Gasteiger partial charge is 0.456 e. The van der Waals surface area contributed by atoms with Gasteiger partial charge in [0.25, 0.3) is 0 Å². The van der Waals surface area contributed by atoms with Gasteiger partial charge in [-0.25, -0.2) is 0 Å². The van der Waals surface area contributed by atoms with E-state index in [4.69, 9.17) is 4.42 Å². The molecule has 94 valence electrons. The highest BCUT2D eigenvalue weighted by molar-refractivity contribution is 5.65. The van der Waals surface area contributed by atoms with Gasteiger partial charge in [-0.05, 0) is 32.0 Å². The van der Waals surface area contributed by atoms with Crippen LogP contribution in [0.15, 0.2) is 65.1 Å². The molecule has 1 heterocycles. The Morgan fingerprint density at radius 3 is 2.00 bits per heavy atom. The molecule has 0 spiro atoms. The van der Waals surface area contributed by atoms with Crippen LogP contribution in [0.3, 0.4) is 0 Å². The Morgan fingerprint density at radius 2 is 1.32 bits per heavy atom. The molecule has 19 heavy (non-hydrogen) atoms. The summed E-state index contributed by atoms with van der Waals surface area (Å²) in [6.45, 7) is 4.18. The van der Waals surface area contributed by atoms with Crippen LogP contribution in [0.25, 0.3) is 22.6 Å². The van der Waals surface area contributed by atoms with E-state index < -0.39 is 0 Å². The normalized spacial score (nSPS) is 10.6. The lowest BCUT2D eigenvalue weighted by Gasteiger charge is -2.00. The predicted molar refractivity (Wildman–Crippen MR) is 79.1 cm³/mol. The van der Waals surface area contributed by atoms with Crippen molar-refractivity contribution in [2.45, 2.75) is 13.8 Å². The zero-order chi connectivity index (χ0) is 13.2. The maximum atomic E-state index is 5.95. The van der Waals surface area contributed by atoms with Crippen LogP contribution in [0, 0.1) is 13.8 Å². The van der Waals surface area contributed by atoms with Crippen LogP contribution >= 0.6 is 0 Å². The molecule has 1 aromatic heterocycles. The Labute approximate surface area is 113 Å². The van der Waals surface area contributed by atoms with E-state index in [9.17, 15) is 0 Å². The standard InChI is InChI=1S/C18H16O/c1-13-6-8-15(9-7-13)17-10-11-18(19-17)16-5-3-4-14(2)12-16/h3-12H,1-2H3. The van der Waals surface area contributed by atoms with E-state index in [1.54, 1.807) is 0 Å². The first-order valence-corrected chi connectivity index (χ1v) is 6.46. The summed E-state index contributed by atoms with van der Waals surface area (Å²) in [6.07, 6.45) is 0. The van der Waals surface area contributed by atoms with E-state index in [-0.39, 0.29) is 0 Å². The highest BCUT2D eigenvalue weighted by atomic mass is 16.3. The molecule has 0 fully saturated rings. The average molecular weight is 248 g/mol. The summed E-state index contributed by atoms with van der Waals surface area (Å²) >= 11 is 0. The lowest BCUT2D eigenvalue weighted by Crippen LogP contribution is -1.76. The molecular weight excluding hydrogens is 232 g/mol.